The highest BCUT2D eigenvalue weighted by Gasteiger charge is 2.20. The molecule has 1 aliphatic rings. The number of hydrogen-bond acceptors (Lipinski definition) is 5. The van der Waals surface area contributed by atoms with Gasteiger partial charge in [-0.15, -0.1) is 0 Å². The van der Waals surface area contributed by atoms with E-state index in [2.05, 4.69) is 10.2 Å². The van der Waals surface area contributed by atoms with Gasteiger partial charge in [0.15, 0.2) is 0 Å². The third-order valence-corrected chi connectivity index (χ3v) is 5.08. The van der Waals surface area contributed by atoms with Gasteiger partial charge in [-0.1, -0.05) is 6.92 Å². The molecule has 1 aliphatic heterocycles. The van der Waals surface area contributed by atoms with Gasteiger partial charge in [0, 0.05) is 61.2 Å². The van der Waals surface area contributed by atoms with Gasteiger partial charge in [-0.3, -0.25) is 19.7 Å². The molecule has 0 aliphatic carbocycles. The molecule has 0 saturated carbocycles. The number of benzene rings is 2. The largest absolute Gasteiger partial charge is 0.368 e. The summed E-state index contributed by atoms with van der Waals surface area (Å²) >= 11 is 0. The maximum absolute atomic E-state index is 12.4. The molecule has 0 aromatic heterocycles. The lowest BCUT2D eigenvalue weighted by atomic mass is 10.1. The van der Waals surface area contributed by atoms with Crippen molar-refractivity contribution in [2.75, 3.05) is 36.4 Å². The normalized spacial score (nSPS) is 13.9. The summed E-state index contributed by atoms with van der Waals surface area (Å²) in [5, 5.41) is 13.7. The van der Waals surface area contributed by atoms with Crippen LogP contribution in [0.25, 0.3) is 0 Å². The molecule has 2 aromatic carbocycles. The zero-order valence-corrected chi connectivity index (χ0v) is 16.6. The molecule has 0 atom stereocenters. The van der Waals surface area contributed by atoms with Crippen molar-refractivity contribution in [2.45, 2.75) is 20.3 Å². The van der Waals surface area contributed by atoms with Crippen molar-refractivity contribution >= 4 is 28.9 Å². The van der Waals surface area contributed by atoms with Crippen molar-refractivity contribution in [1.82, 2.24) is 4.90 Å². The first-order chi connectivity index (χ1) is 13.9. The Kier molecular flexibility index (Phi) is 6.11. The highest BCUT2D eigenvalue weighted by Crippen LogP contribution is 2.22. The minimum Gasteiger partial charge on any atom is -0.368 e. The van der Waals surface area contributed by atoms with Crippen LogP contribution in [-0.4, -0.2) is 47.8 Å². The average Bonchev–Trinajstić information content (AvgIpc) is 2.73. The van der Waals surface area contributed by atoms with Gasteiger partial charge in [0.1, 0.15) is 0 Å². The molecule has 152 valence electrons. The van der Waals surface area contributed by atoms with Gasteiger partial charge < -0.3 is 15.1 Å². The van der Waals surface area contributed by atoms with E-state index >= 15 is 0 Å². The minimum absolute atomic E-state index is 0.00774. The van der Waals surface area contributed by atoms with Crippen LogP contribution >= 0.6 is 0 Å². The first-order valence-corrected chi connectivity index (χ1v) is 9.58. The van der Waals surface area contributed by atoms with Gasteiger partial charge >= 0.3 is 0 Å². The molecular formula is C21H24N4O4. The summed E-state index contributed by atoms with van der Waals surface area (Å²) in [6.07, 6.45) is 0.530. The second-order valence-electron chi connectivity index (χ2n) is 6.98. The summed E-state index contributed by atoms with van der Waals surface area (Å²) in [6, 6.07) is 11.8. The molecule has 2 amide bonds. The van der Waals surface area contributed by atoms with E-state index in [0.717, 1.165) is 18.8 Å². The third kappa shape index (κ3) is 4.71. The second-order valence-corrected chi connectivity index (χ2v) is 6.98. The number of nitrogens with zero attached hydrogens (tertiary/aromatic N) is 3. The molecular weight excluding hydrogens is 372 g/mol. The fourth-order valence-corrected chi connectivity index (χ4v) is 3.40. The summed E-state index contributed by atoms with van der Waals surface area (Å²) in [7, 11) is 0. The molecule has 1 heterocycles. The van der Waals surface area contributed by atoms with E-state index in [1.807, 2.05) is 36.1 Å². The van der Waals surface area contributed by atoms with Gasteiger partial charge in [0.2, 0.25) is 5.91 Å². The molecule has 0 radical (unpaired) electrons. The molecule has 1 saturated heterocycles. The highest BCUT2D eigenvalue weighted by atomic mass is 16.6. The first-order valence-electron chi connectivity index (χ1n) is 9.58. The lowest BCUT2D eigenvalue weighted by molar-refractivity contribution is -0.385. The summed E-state index contributed by atoms with van der Waals surface area (Å²) in [5.41, 5.74) is 2.49. The number of nitrogens with one attached hydrogen (secondary N) is 1. The Morgan fingerprint density at radius 1 is 1.07 bits per heavy atom. The van der Waals surface area contributed by atoms with Crippen LogP contribution in [0.3, 0.4) is 0 Å². The molecule has 0 unspecified atom stereocenters. The molecule has 1 N–H and O–H groups in total. The molecule has 8 heteroatoms. The molecule has 2 aromatic rings. The number of aryl methyl sites for hydroxylation is 1. The van der Waals surface area contributed by atoms with E-state index in [4.69, 9.17) is 0 Å². The summed E-state index contributed by atoms with van der Waals surface area (Å²) in [4.78, 5) is 38.8. The Morgan fingerprint density at radius 3 is 2.28 bits per heavy atom. The number of amides is 2. The SMILES string of the molecule is CCC(=O)N1CCN(c2ccc(NC(=O)c3ccc([N+](=O)[O-])c(C)c3)cc2)CC1. The van der Waals surface area contributed by atoms with Gasteiger partial charge in [0.25, 0.3) is 11.6 Å². The average molecular weight is 396 g/mol. The van der Waals surface area contributed by atoms with E-state index < -0.39 is 4.92 Å². The third-order valence-electron chi connectivity index (χ3n) is 5.08. The Bertz CT molecular complexity index is 919. The van der Waals surface area contributed by atoms with Gasteiger partial charge in [-0.2, -0.15) is 0 Å². The van der Waals surface area contributed by atoms with Crippen molar-refractivity contribution in [1.29, 1.82) is 0 Å². The fourth-order valence-electron chi connectivity index (χ4n) is 3.40. The van der Waals surface area contributed by atoms with Crippen LogP contribution < -0.4 is 10.2 Å². The molecule has 8 nitrogen and oxygen atoms in total. The number of rotatable bonds is 5. The maximum atomic E-state index is 12.4. The fraction of sp³-hybridized carbons (Fsp3) is 0.333. The Morgan fingerprint density at radius 2 is 1.72 bits per heavy atom. The van der Waals surface area contributed by atoms with Crippen LogP contribution in [0.2, 0.25) is 0 Å². The number of hydrogen-bond donors (Lipinski definition) is 1. The Labute approximate surface area is 169 Å². The first kappa shape index (κ1) is 20.3. The van der Waals surface area contributed by atoms with Crippen molar-refractivity contribution in [2.24, 2.45) is 0 Å². The second kappa shape index (κ2) is 8.72. The van der Waals surface area contributed by atoms with E-state index in [9.17, 15) is 19.7 Å². The monoisotopic (exact) mass is 396 g/mol. The highest BCUT2D eigenvalue weighted by molar-refractivity contribution is 6.04. The molecule has 1 fully saturated rings. The van der Waals surface area contributed by atoms with Crippen LogP contribution in [0.15, 0.2) is 42.5 Å². The van der Waals surface area contributed by atoms with E-state index in [1.54, 1.807) is 6.92 Å². The number of carbonyl (C=O) groups is 2. The number of anilines is 2. The number of nitro benzene ring substituents is 1. The summed E-state index contributed by atoms with van der Waals surface area (Å²) < 4.78 is 0. The molecule has 0 spiro atoms. The van der Waals surface area contributed by atoms with Crippen molar-refractivity contribution in [3.8, 4) is 0 Å². The maximum Gasteiger partial charge on any atom is 0.272 e. The van der Waals surface area contributed by atoms with E-state index in [-0.39, 0.29) is 17.5 Å². The van der Waals surface area contributed by atoms with Crippen molar-refractivity contribution in [3.63, 3.8) is 0 Å². The van der Waals surface area contributed by atoms with Crippen LogP contribution in [0.1, 0.15) is 29.3 Å². The van der Waals surface area contributed by atoms with E-state index in [0.29, 0.717) is 36.3 Å². The number of piperazine rings is 1. The standard InChI is InChI=1S/C21H24N4O4/c1-3-20(26)24-12-10-23(11-13-24)18-7-5-17(6-8-18)22-21(27)16-4-9-19(25(28)29)15(2)14-16/h4-9,14H,3,10-13H2,1-2H3,(H,22,27). The summed E-state index contributed by atoms with van der Waals surface area (Å²) in [6.45, 7) is 6.46. The van der Waals surface area contributed by atoms with E-state index in [1.165, 1.54) is 18.2 Å². The number of carbonyl (C=O) groups excluding carboxylic acids is 2. The molecule has 3 rings (SSSR count). The predicted octanol–water partition coefficient (Wildman–Crippen LogP) is 3.21. The van der Waals surface area contributed by atoms with Crippen molar-refractivity contribution in [3.05, 3.63) is 63.7 Å². The summed E-state index contributed by atoms with van der Waals surface area (Å²) in [5.74, 6) is -0.133. The van der Waals surface area contributed by atoms with Crippen LogP contribution in [-0.2, 0) is 4.79 Å². The van der Waals surface area contributed by atoms with Gasteiger partial charge in [0.05, 0.1) is 4.92 Å². The quantitative estimate of drug-likeness (QED) is 0.618. The topological polar surface area (TPSA) is 95.8 Å². The van der Waals surface area contributed by atoms with Crippen LogP contribution in [0, 0.1) is 17.0 Å². The molecule has 29 heavy (non-hydrogen) atoms. The lowest BCUT2D eigenvalue weighted by Crippen LogP contribution is -2.48. The lowest BCUT2D eigenvalue weighted by Gasteiger charge is -2.36. The molecule has 0 bridgehead atoms. The predicted molar refractivity (Wildman–Crippen MR) is 111 cm³/mol. The zero-order chi connectivity index (χ0) is 21.0. The van der Waals surface area contributed by atoms with Crippen LogP contribution in [0.4, 0.5) is 17.1 Å². The Balaban J connectivity index is 1.61. The van der Waals surface area contributed by atoms with Gasteiger partial charge in [-0.05, 0) is 43.3 Å². The van der Waals surface area contributed by atoms with Crippen molar-refractivity contribution < 1.29 is 14.5 Å². The Hall–Kier alpha value is -3.42. The van der Waals surface area contributed by atoms with Crippen LogP contribution in [0.5, 0.6) is 0 Å². The van der Waals surface area contributed by atoms with Gasteiger partial charge in [-0.25, -0.2) is 0 Å². The number of nitro groups is 1. The smallest absolute Gasteiger partial charge is 0.272 e. The minimum atomic E-state index is -0.465. The zero-order valence-electron chi connectivity index (χ0n) is 16.6.